The molecule has 1 saturated heterocycles. The van der Waals surface area contributed by atoms with Crippen LogP contribution < -0.4 is 0 Å². The van der Waals surface area contributed by atoms with Gasteiger partial charge in [0.05, 0.1) is 11.7 Å². The Hall–Kier alpha value is -0.0800. The van der Waals surface area contributed by atoms with Crippen molar-refractivity contribution in [3.8, 4) is 0 Å². The Morgan fingerprint density at radius 2 is 1.67 bits per heavy atom. The summed E-state index contributed by atoms with van der Waals surface area (Å²) >= 11 is 0. The average Bonchev–Trinajstić information content (AvgIpc) is 2.47. The van der Waals surface area contributed by atoms with Gasteiger partial charge in [-0.05, 0) is 43.9 Å². The van der Waals surface area contributed by atoms with Crippen LogP contribution in [-0.2, 0) is 4.74 Å². The van der Waals surface area contributed by atoms with Gasteiger partial charge >= 0.3 is 0 Å². The molecule has 0 radical (unpaired) electrons. The van der Waals surface area contributed by atoms with Crippen LogP contribution in [0.2, 0.25) is 0 Å². The van der Waals surface area contributed by atoms with Gasteiger partial charge in [0.25, 0.3) is 0 Å². The van der Waals surface area contributed by atoms with Crippen molar-refractivity contribution in [1.29, 1.82) is 0 Å². The van der Waals surface area contributed by atoms with Gasteiger partial charge in [0.1, 0.15) is 0 Å². The summed E-state index contributed by atoms with van der Waals surface area (Å²) in [6.45, 7) is 7.38. The Bertz CT molecular complexity index is 219. The molecule has 2 aliphatic rings. The lowest BCUT2D eigenvalue weighted by molar-refractivity contribution is -0.0891. The van der Waals surface area contributed by atoms with Gasteiger partial charge in [-0.25, -0.2) is 0 Å². The molecule has 1 heterocycles. The molecular weight excluding hydrogens is 188 g/mol. The fraction of sp³-hybridized carbons (Fsp3) is 1.00. The van der Waals surface area contributed by atoms with Crippen molar-refractivity contribution < 1.29 is 9.84 Å². The van der Waals surface area contributed by atoms with Gasteiger partial charge in [0.2, 0.25) is 0 Å². The minimum Gasteiger partial charge on any atom is -0.387 e. The fourth-order valence-electron chi connectivity index (χ4n) is 3.64. The number of aliphatic hydroxyl groups is 1. The monoisotopic (exact) mass is 212 g/mol. The number of ether oxygens (including phenoxy) is 1. The maximum Gasteiger partial charge on any atom is 0.0955 e. The van der Waals surface area contributed by atoms with E-state index in [4.69, 9.17) is 4.74 Å². The van der Waals surface area contributed by atoms with Gasteiger partial charge in [-0.1, -0.05) is 13.8 Å². The van der Waals surface area contributed by atoms with E-state index in [1.807, 2.05) is 6.92 Å². The zero-order valence-electron chi connectivity index (χ0n) is 10.2. The molecule has 4 unspecified atom stereocenters. The summed E-state index contributed by atoms with van der Waals surface area (Å²) in [5, 5.41) is 10.7. The Balaban J connectivity index is 2.08. The van der Waals surface area contributed by atoms with Crippen LogP contribution in [0.25, 0.3) is 0 Å². The Labute approximate surface area is 93.0 Å². The first-order valence-electron chi connectivity index (χ1n) is 6.36. The molecule has 2 heteroatoms. The molecule has 1 N–H and O–H groups in total. The van der Waals surface area contributed by atoms with Crippen LogP contribution in [0.15, 0.2) is 0 Å². The Morgan fingerprint density at radius 1 is 1.07 bits per heavy atom. The van der Waals surface area contributed by atoms with Crippen molar-refractivity contribution in [2.45, 2.75) is 58.2 Å². The van der Waals surface area contributed by atoms with Gasteiger partial charge in [0.15, 0.2) is 0 Å². The highest BCUT2D eigenvalue weighted by Crippen LogP contribution is 2.44. The highest BCUT2D eigenvalue weighted by Gasteiger charge is 2.47. The van der Waals surface area contributed by atoms with Gasteiger partial charge in [0, 0.05) is 13.0 Å². The molecule has 88 valence electrons. The molecule has 2 nitrogen and oxygen atoms in total. The second-order valence-electron chi connectivity index (χ2n) is 5.87. The van der Waals surface area contributed by atoms with Crippen molar-refractivity contribution in [3.63, 3.8) is 0 Å². The summed E-state index contributed by atoms with van der Waals surface area (Å²) < 4.78 is 5.54. The van der Waals surface area contributed by atoms with Crippen molar-refractivity contribution >= 4 is 0 Å². The van der Waals surface area contributed by atoms with E-state index in [1.165, 1.54) is 19.3 Å². The van der Waals surface area contributed by atoms with Crippen LogP contribution in [0, 0.1) is 17.8 Å². The van der Waals surface area contributed by atoms with Gasteiger partial charge in [-0.2, -0.15) is 0 Å². The van der Waals surface area contributed by atoms with Crippen molar-refractivity contribution in [3.05, 3.63) is 0 Å². The molecule has 2 fully saturated rings. The van der Waals surface area contributed by atoms with Crippen molar-refractivity contribution in [2.24, 2.45) is 17.8 Å². The minimum atomic E-state index is -0.539. The van der Waals surface area contributed by atoms with Gasteiger partial charge in [-0.3, -0.25) is 0 Å². The third kappa shape index (κ3) is 2.07. The van der Waals surface area contributed by atoms with Crippen molar-refractivity contribution in [2.75, 3.05) is 6.61 Å². The lowest BCUT2D eigenvalue weighted by Crippen LogP contribution is -2.46. The lowest BCUT2D eigenvalue weighted by Gasteiger charge is -2.41. The second-order valence-corrected chi connectivity index (χ2v) is 5.87. The first-order valence-corrected chi connectivity index (χ1v) is 6.36. The predicted molar refractivity (Wildman–Crippen MR) is 60.6 cm³/mol. The zero-order valence-corrected chi connectivity index (χ0v) is 10.2. The third-order valence-corrected chi connectivity index (χ3v) is 4.46. The van der Waals surface area contributed by atoms with E-state index in [2.05, 4.69) is 13.8 Å². The molecule has 0 amide bonds. The molecule has 0 bridgehead atoms. The molecule has 4 atom stereocenters. The Kier molecular flexibility index (Phi) is 3.09. The van der Waals surface area contributed by atoms with Crippen LogP contribution >= 0.6 is 0 Å². The topological polar surface area (TPSA) is 29.5 Å². The summed E-state index contributed by atoms with van der Waals surface area (Å²) in [6, 6.07) is 0. The summed E-state index contributed by atoms with van der Waals surface area (Å²) in [6.07, 6.45) is 4.53. The second kappa shape index (κ2) is 4.06. The van der Waals surface area contributed by atoms with Crippen LogP contribution in [0.3, 0.4) is 0 Å². The molecular formula is C13H24O2. The maximum atomic E-state index is 10.7. The predicted octanol–water partition coefficient (Wildman–Crippen LogP) is 2.60. The van der Waals surface area contributed by atoms with E-state index < -0.39 is 5.60 Å². The van der Waals surface area contributed by atoms with Crippen LogP contribution in [0.5, 0.6) is 0 Å². The van der Waals surface area contributed by atoms with Gasteiger partial charge in [-0.15, -0.1) is 0 Å². The van der Waals surface area contributed by atoms with E-state index in [9.17, 15) is 5.11 Å². The summed E-state index contributed by atoms with van der Waals surface area (Å²) in [7, 11) is 0. The number of hydrogen-bond acceptors (Lipinski definition) is 2. The smallest absolute Gasteiger partial charge is 0.0955 e. The molecule has 1 aliphatic heterocycles. The first-order chi connectivity index (χ1) is 7.02. The lowest BCUT2D eigenvalue weighted by atomic mass is 9.68. The van der Waals surface area contributed by atoms with Crippen LogP contribution in [0.1, 0.15) is 46.5 Å². The van der Waals surface area contributed by atoms with E-state index >= 15 is 0 Å². The average molecular weight is 212 g/mol. The largest absolute Gasteiger partial charge is 0.387 e. The maximum absolute atomic E-state index is 10.7. The molecule has 1 aliphatic carbocycles. The van der Waals surface area contributed by atoms with E-state index in [1.54, 1.807) is 0 Å². The zero-order chi connectivity index (χ0) is 11.1. The third-order valence-electron chi connectivity index (χ3n) is 4.46. The van der Waals surface area contributed by atoms with E-state index in [-0.39, 0.29) is 6.10 Å². The van der Waals surface area contributed by atoms with E-state index in [0.29, 0.717) is 5.92 Å². The molecule has 0 aromatic heterocycles. The highest BCUT2D eigenvalue weighted by molar-refractivity contribution is 4.97. The quantitative estimate of drug-likeness (QED) is 0.724. The fourth-order valence-corrected chi connectivity index (χ4v) is 3.64. The van der Waals surface area contributed by atoms with Crippen LogP contribution in [0.4, 0.5) is 0 Å². The SMILES string of the molecule is CC1CC(C)CC(C2(O)CCOC2C)C1. The van der Waals surface area contributed by atoms with Gasteiger partial charge < -0.3 is 9.84 Å². The van der Waals surface area contributed by atoms with Crippen LogP contribution in [-0.4, -0.2) is 23.4 Å². The standard InChI is InChI=1S/C13H24O2/c1-9-6-10(2)8-12(7-9)13(14)4-5-15-11(13)3/h9-12,14H,4-8H2,1-3H3. The first kappa shape index (κ1) is 11.4. The highest BCUT2D eigenvalue weighted by atomic mass is 16.5. The molecule has 0 spiro atoms. The van der Waals surface area contributed by atoms with Crippen molar-refractivity contribution in [1.82, 2.24) is 0 Å². The van der Waals surface area contributed by atoms with E-state index in [0.717, 1.165) is 24.9 Å². The molecule has 0 aromatic rings. The molecule has 15 heavy (non-hydrogen) atoms. The molecule has 2 rings (SSSR count). The summed E-state index contributed by atoms with van der Waals surface area (Å²) in [5.74, 6) is 1.97. The molecule has 0 aromatic carbocycles. The molecule has 1 saturated carbocycles. The summed E-state index contributed by atoms with van der Waals surface area (Å²) in [5.41, 5.74) is -0.539. The number of hydrogen-bond donors (Lipinski definition) is 1. The minimum absolute atomic E-state index is 0.0278. The summed E-state index contributed by atoms with van der Waals surface area (Å²) in [4.78, 5) is 0. The normalized spacial score (nSPS) is 52.0. The number of rotatable bonds is 1. The Morgan fingerprint density at radius 3 is 2.13 bits per heavy atom.